The highest BCUT2D eigenvalue weighted by atomic mass is 16.4. The van der Waals surface area contributed by atoms with E-state index in [2.05, 4.69) is 40.7 Å². The van der Waals surface area contributed by atoms with E-state index in [0.29, 0.717) is 11.6 Å². The minimum atomic E-state index is -1.01. The van der Waals surface area contributed by atoms with E-state index in [1.54, 1.807) is 6.92 Å². The number of carbonyl (C=O) groups is 1. The van der Waals surface area contributed by atoms with Crippen LogP contribution in [0.2, 0.25) is 0 Å². The van der Waals surface area contributed by atoms with Crippen molar-refractivity contribution in [2.45, 2.75) is 26.3 Å². The Morgan fingerprint density at radius 3 is 2.63 bits per heavy atom. The summed E-state index contributed by atoms with van der Waals surface area (Å²) >= 11 is 0. The molecule has 1 aromatic heterocycles. The lowest BCUT2D eigenvalue weighted by molar-refractivity contribution is 0.0690. The molecule has 0 saturated carbocycles. The Balaban J connectivity index is 2.30. The number of hydrogen-bond acceptors (Lipinski definition) is 5. The number of piperazine rings is 1. The Hall–Kier alpha value is -1.69. The van der Waals surface area contributed by atoms with Crippen molar-refractivity contribution in [3.05, 3.63) is 17.5 Å². The predicted octanol–water partition coefficient (Wildman–Crippen LogP) is 1.01. The second-order valence-electron chi connectivity index (χ2n) is 5.66. The number of carboxylic acid groups (broad SMARTS) is 1. The molecule has 2 rings (SSSR count). The number of anilines is 1. The molecule has 6 nitrogen and oxygen atoms in total. The number of carboxylic acids is 1. The number of nitrogens with zero attached hydrogens (tertiary/aromatic N) is 4. The average molecular weight is 264 g/mol. The maximum absolute atomic E-state index is 11.1. The van der Waals surface area contributed by atoms with E-state index >= 15 is 0 Å². The van der Waals surface area contributed by atoms with Crippen molar-refractivity contribution in [1.29, 1.82) is 0 Å². The van der Waals surface area contributed by atoms with Gasteiger partial charge >= 0.3 is 5.97 Å². The number of hydrogen-bond donors (Lipinski definition) is 1. The smallest absolute Gasteiger partial charge is 0.354 e. The zero-order valence-electron chi connectivity index (χ0n) is 11.8. The monoisotopic (exact) mass is 264 g/mol. The van der Waals surface area contributed by atoms with E-state index in [9.17, 15) is 4.79 Å². The molecule has 1 aliphatic heterocycles. The van der Waals surface area contributed by atoms with Crippen LogP contribution in [0.15, 0.2) is 6.07 Å². The standard InChI is InChI=1S/C13H20N4O2/c1-9-7-10(11(18)19)15-12(14-9)17-6-5-16(4)13(2,3)8-17/h7H,5-6,8H2,1-4H3,(H,18,19). The van der Waals surface area contributed by atoms with E-state index in [1.807, 2.05) is 0 Å². The molecule has 1 aliphatic rings. The number of rotatable bonds is 2. The first-order valence-corrected chi connectivity index (χ1v) is 6.35. The SMILES string of the molecule is Cc1cc(C(=O)O)nc(N2CCN(C)C(C)(C)C2)n1. The number of likely N-dealkylation sites (N-methyl/N-ethyl adjacent to an activating group) is 1. The topological polar surface area (TPSA) is 69.6 Å². The van der Waals surface area contributed by atoms with Gasteiger partial charge in [-0.2, -0.15) is 0 Å². The van der Waals surface area contributed by atoms with Crippen molar-refractivity contribution in [3.8, 4) is 0 Å². The molecule has 1 aromatic rings. The van der Waals surface area contributed by atoms with Crippen LogP contribution >= 0.6 is 0 Å². The van der Waals surface area contributed by atoms with Gasteiger partial charge in [-0.1, -0.05) is 0 Å². The van der Waals surface area contributed by atoms with Crippen LogP contribution in [-0.2, 0) is 0 Å². The van der Waals surface area contributed by atoms with Gasteiger partial charge in [0.2, 0.25) is 5.95 Å². The highest BCUT2D eigenvalue weighted by Crippen LogP contribution is 2.22. The van der Waals surface area contributed by atoms with Crippen LogP contribution in [0.5, 0.6) is 0 Å². The van der Waals surface area contributed by atoms with Gasteiger partial charge in [0.25, 0.3) is 0 Å². The molecule has 0 spiro atoms. The summed E-state index contributed by atoms with van der Waals surface area (Å²) in [4.78, 5) is 23.9. The molecule has 0 unspecified atom stereocenters. The molecule has 0 radical (unpaired) electrons. The molecule has 1 fully saturated rings. The normalized spacial score (nSPS) is 19.5. The van der Waals surface area contributed by atoms with Crippen LogP contribution < -0.4 is 4.90 Å². The first kappa shape index (κ1) is 13.7. The van der Waals surface area contributed by atoms with E-state index in [1.165, 1.54) is 6.07 Å². The third kappa shape index (κ3) is 2.84. The van der Waals surface area contributed by atoms with Gasteiger partial charge in [-0.25, -0.2) is 14.8 Å². The van der Waals surface area contributed by atoms with Crippen LogP contribution in [0.4, 0.5) is 5.95 Å². The lowest BCUT2D eigenvalue weighted by Crippen LogP contribution is -2.58. The van der Waals surface area contributed by atoms with Crippen molar-refractivity contribution in [3.63, 3.8) is 0 Å². The third-order valence-electron chi connectivity index (χ3n) is 3.66. The van der Waals surface area contributed by atoms with Gasteiger partial charge in [-0.05, 0) is 33.9 Å². The Kier molecular flexibility index (Phi) is 3.45. The van der Waals surface area contributed by atoms with Gasteiger partial charge in [-0.3, -0.25) is 4.90 Å². The summed E-state index contributed by atoms with van der Waals surface area (Å²) in [6.45, 7) is 8.61. The van der Waals surface area contributed by atoms with Gasteiger partial charge in [0.1, 0.15) is 0 Å². The van der Waals surface area contributed by atoms with Gasteiger partial charge in [0.15, 0.2) is 5.69 Å². The molecule has 1 N–H and O–H groups in total. The summed E-state index contributed by atoms with van der Waals surface area (Å²) in [6.07, 6.45) is 0. The molecule has 0 aromatic carbocycles. The molecule has 104 valence electrons. The van der Waals surface area contributed by atoms with Crippen molar-refractivity contribution >= 4 is 11.9 Å². The van der Waals surface area contributed by atoms with Crippen LogP contribution in [-0.4, -0.2) is 58.2 Å². The highest BCUT2D eigenvalue weighted by Gasteiger charge is 2.32. The van der Waals surface area contributed by atoms with E-state index in [-0.39, 0.29) is 11.2 Å². The Labute approximate surface area is 113 Å². The number of aromatic carboxylic acids is 1. The summed E-state index contributed by atoms with van der Waals surface area (Å²) in [7, 11) is 2.09. The van der Waals surface area contributed by atoms with Crippen LogP contribution in [0.1, 0.15) is 30.0 Å². The summed E-state index contributed by atoms with van der Waals surface area (Å²) in [5.41, 5.74) is 0.757. The fourth-order valence-electron chi connectivity index (χ4n) is 2.21. The largest absolute Gasteiger partial charge is 0.477 e. The quantitative estimate of drug-likeness (QED) is 0.860. The first-order valence-electron chi connectivity index (χ1n) is 6.35. The van der Waals surface area contributed by atoms with Crippen molar-refractivity contribution in [2.24, 2.45) is 0 Å². The molecule has 0 bridgehead atoms. The highest BCUT2D eigenvalue weighted by molar-refractivity contribution is 5.85. The Morgan fingerprint density at radius 2 is 2.05 bits per heavy atom. The van der Waals surface area contributed by atoms with Gasteiger partial charge in [0, 0.05) is 30.9 Å². The third-order valence-corrected chi connectivity index (χ3v) is 3.66. The maximum Gasteiger partial charge on any atom is 0.354 e. The fraction of sp³-hybridized carbons (Fsp3) is 0.615. The maximum atomic E-state index is 11.1. The van der Waals surface area contributed by atoms with Crippen molar-refractivity contribution < 1.29 is 9.90 Å². The molecule has 19 heavy (non-hydrogen) atoms. The van der Waals surface area contributed by atoms with Gasteiger partial charge in [0.05, 0.1) is 0 Å². The minimum Gasteiger partial charge on any atom is -0.477 e. The fourth-order valence-corrected chi connectivity index (χ4v) is 2.21. The van der Waals surface area contributed by atoms with E-state index < -0.39 is 5.97 Å². The zero-order chi connectivity index (χ0) is 14.2. The molecular formula is C13H20N4O2. The minimum absolute atomic E-state index is 0.0226. The summed E-state index contributed by atoms with van der Waals surface area (Å²) < 4.78 is 0. The molecule has 2 heterocycles. The number of aromatic nitrogens is 2. The second kappa shape index (κ2) is 4.77. The number of aryl methyl sites for hydroxylation is 1. The van der Waals surface area contributed by atoms with E-state index in [0.717, 1.165) is 19.6 Å². The second-order valence-corrected chi connectivity index (χ2v) is 5.66. The van der Waals surface area contributed by atoms with Crippen LogP contribution in [0, 0.1) is 6.92 Å². The molecular weight excluding hydrogens is 244 g/mol. The molecule has 6 heteroatoms. The van der Waals surface area contributed by atoms with Crippen LogP contribution in [0.3, 0.4) is 0 Å². The summed E-state index contributed by atoms with van der Waals surface area (Å²) in [5, 5.41) is 9.06. The average Bonchev–Trinajstić information content (AvgIpc) is 2.31. The Bertz CT molecular complexity index is 501. The van der Waals surface area contributed by atoms with Crippen molar-refractivity contribution in [2.75, 3.05) is 31.6 Å². The van der Waals surface area contributed by atoms with Crippen LogP contribution in [0.25, 0.3) is 0 Å². The van der Waals surface area contributed by atoms with Gasteiger partial charge in [-0.15, -0.1) is 0 Å². The molecule has 0 aliphatic carbocycles. The summed E-state index contributed by atoms with van der Waals surface area (Å²) in [5.74, 6) is -0.501. The van der Waals surface area contributed by atoms with E-state index in [4.69, 9.17) is 5.11 Å². The van der Waals surface area contributed by atoms with Gasteiger partial charge < -0.3 is 10.0 Å². The Morgan fingerprint density at radius 1 is 1.37 bits per heavy atom. The molecule has 0 atom stereocenters. The molecule has 0 amide bonds. The predicted molar refractivity (Wildman–Crippen MR) is 72.7 cm³/mol. The lowest BCUT2D eigenvalue weighted by Gasteiger charge is -2.45. The first-order chi connectivity index (χ1) is 8.79. The van der Waals surface area contributed by atoms with Crippen molar-refractivity contribution in [1.82, 2.24) is 14.9 Å². The lowest BCUT2D eigenvalue weighted by atomic mass is 10.00. The zero-order valence-corrected chi connectivity index (χ0v) is 11.8. The molecule has 1 saturated heterocycles. The summed E-state index contributed by atoms with van der Waals surface area (Å²) in [6, 6.07) is 1.49.